The van der Waals surface area contributed by atoms with Gasteiger partial charge in [-0.05, 0) is 37.0 Å². The van der Waals surface area contributed by atoms with E-state index in [0.717, 1.165) is 19.6 Å². The lowest BCUT2D eigenvalue weighted by Crippen LogP contribution is -2.30. The van der Waals surface area contributed by atoms with Gasteiger partial charge in [0, 0.05) is 12.2 Å². The zero-order chi connectivity index (χ0) is 12.6. The molecule has 3 nitrogen and oxygen atoms in total. The number of anilines is 1. The Balaban J connectivity index is 1.75. The number of nitrogens with one attached hydrogen (secondary N) is 1. The number of aryl methyl sites for hydroxylation is 1. The number of ether oxygens (including phenoxy) is 2. The van der Waals surface area contributed by atoms with Gasteiger partial charge in [0.1, 0.15) is 6.79 Å². The molecular weight excluding hydrogens is 226 g/mol. The van der Waals surface area contributed by atoms with Gasteiger partial charge in [0.05, 0.1) is 12.7 Å². The number of hydrogen-bond acceptors (Lipinski definition) is 3. The third kappa shape index (κ3) is 4.31. The number of benzene rings is 1. The molecule has 1 atom stereocenters. The summed E-state index contributed by atoms with van der Waals surface area (Å²) >= 11 is 0. The molecule has 0 aliphatic carbocycles. The van der Waals surface area contributed by atoms with Crippen molar-refractivity contribution in [3.63, 3.8) is 0 Å². The van der Waals surface area contributed by atoms with Crippen LogP contribution in [-0.2, 0) is 15.9 Å². The average Bonchev–Trinajstić information content (AvgIpc) is 2.45. The van der Waals surface area contributed by atoms with E-state index in [1.165, 1.54) is 30.5 Å². The van der Waals surface area contributed by atoms with Gasteiger partial charge >= 0.3 is 0 Å². The summed E-state index contributed by atoms with van der Waals surface area (Å²) in [6.07, 6.45) is 4.95. The van der Waals surface area contributed by atoms with Crippen LogP contribution in [0.3, 0.4) is 0 Å². The first kappa shape index (κ1) is 13.4. The van der Waals surface area contributed by atoms with Gasteiger partial charge < -0.3 is 14.8 Å². The average molecular weight is 249 g/mol. The summed E-state index contributed by atoms with van der Waals surface area (Å²) < 4.78 is 10.6. The van der Waals surface area contributed by atoms with E-state index in [1.807, 2.05) is 0 Å². The van der Waals surface area contributed by atoms with Gasteiger partial charge in [-0.3, -0.25) is 0 Å². The maximum absolute atomic E-state index is 5.49. The molecule has 1 unspecified atom stereocenters. The molecule has 0 bridgehead atoms. The summed E-state index contributed by atoms with van der Waals surface area (Å²) in [6.45, 7) is 4.33. The third-order valence-corrected chi connectivity index (χ3v) is 3.28. The molecule has 1 aliphatic rings. The monoisotopic (exact) mass is 249 g/mol. The molecule has 0 saturated carbocycles. The van der Waals surface area contributed by atoms with Gasteiger partial charge in [0.2, 0.25) is 0 Å². The molecular formula is C15H23NO2. The molecule has 0 spiro atoms. The molecule has 1 aliphatic heterocycles. The smallest absolute Gasteiger partial charge is 0.147 e. The molecule has 100 valence electrons. The van der Waals surface area contributed by atoms with Crippen molar-refractivity contribution >= 4 is 5.69 Å². The van der Waals surface area contributed by atoms with Crippen molar-refractivity contribution in [2.45, 2.75) is 38.7 Å². The fourth-order valence-electron chi connectivity index (χ4n) is 2.06. The van der Waals surface area contributed by atoms with Gasteiger partial charge in [-0.1, -0.05) is 25.5 Å². The Hall–Kier alpha value is -1.06. The summed E-state index contributed by atoms with van der Waals surface area (Å²) in [4.78, 5) is 0. The molecule has 1 aromatic rings. The quantitative estimate of drug-likeness (QED) is 0.839. The number of hydrogen-bond donors (Lipinski definition) is 1. The molecule has 1 aromatic carbocycles. The first-order valence-corrected chi connectivity index (χ1v) is 6.90. The molecule has 0 radical (unpaired) electrons. The maximum Gasteiger partial charge on any atom is 0.147 e. The van der Waals surface area contributed by atoms with Gasteiger partial charge in [-0.2, -0.15) is 0 Å². The summed E-state index contributed by atoms with van der Waals surface area (Å²) in [5.74, 6) is 0. The van der Waals surface area contributed by atoms with Gasteiger partial charge in [-0.15, -0.1) is 0 Å². The Bertz CT molecular complexity index is 331. The first-order valence-electron chi connectivity index (χ1n) is 6.90. The lowest BCUT2D eigenvalue weighted by Gasteiger charge is -2.23. The van der Waals surface area contributed by atoms with Crippen molar-refractivity contribution in [1.29, 1.82) is 0 Å². The molecule has 0 amide bonds. The highest BCUT2D eigenvalue weighted by atomic mass is 16.7. The minimum atomic E-state index is 0.276. The second-order valence-corrected chi connectivity index (χ2v) is 4.78. The van der Waals surface area contributed by atoms with Crippen molar-refractivity contribution in [3.05, 3.63) is 29.8 Å². The Morgan fingerprint density at radius 3 is 2.78 bits per heavy atom. The van der Waals surface area contributed by atoms with E-state index in [4.69, 9.17) is 9.47 Å². The van der Waals surface area contributed by atoms with Crippen molar-refractivity contribution in [2.24, 2.45) is 0 Å². The third-order valence-electron chi connectivity index (χ3n) is 3.28. The van der Waals surface area contributed by atoms with Crippen LogP contribution >= 0.6 is 0 Å². The SMILES string of the molecule is CCCCc1ccc(NCC2CCOCO2)cc1. The summed E-state index contributed by atoms with van der Waals surface area (Å²) in [7, 11) is 0. The molecule has 18 heavy (non-hydrogen) atoms. The first-order chi connectivity index (χ1) is 8.88. The predicted octanol–water partition coefficient (Wildman–Crippen LogP) is 3.20. The lowest BCUT2D eigenvalue weighted by molar-refractivity contribution is -0.133. The highest BCUT2D eigenvalue weighted by molar-refractivity contribution is 5.44. The highest BCUT2D eigenvalue weighted by Crippen LogP contribution is 2.13. The molecule has 2 rings (SSSR count). The number of unbranched alkanes of at least 4 members (excludes halogenated alkanes) is 1. The van der Waals surface area contributed by atoms with Crippen LogP contribution in [0.4, 0.5) is 5.69 Å². The van der Waals surface area contributed by atoms with Crippen LogP contribution in [0.25, 0.3) is 0 Å². The number of rotatable bonds is 6. The van der Waals surface area contributed by atoms with E-state index in [-0.39, 0.29) is 6.10 Å². The van der Waals surface area contributed by atoms with Crippen molar-refractivity contribution in [1.82, 2.24) is 0 Å². The fourth-order valence-corrected chi connectivity index (χ4v) is 2.06. The lowest BCUT2D eigenvalue weighted by atomic mass is 10.1. The van der Waals surface area contributed by atoms with Crippen molar-refractivity contribution < 1.29 is 9.47 Å². The Kier molecular flexibility index (Phi) is 5.49. The van der Waals surface area contributed by atoms with Gasteiger partial charge in [0.15, 0.2) is 0 Å². The molecule has 3 heteroatoms. The van der Waals surface area contributed by atoms with Crippen LogP contribution < -0.4 is 5.32 Å². The van der Waals surface area contributed by atoms with Crippen LogP contribution in [0.15, 0.2) is 24.3 Å². The van der Waals surface area contributed by atoms with Crippen LogP contribution in [0.2, 0.25) is 0 Å². The highest BCUT2D eigenvalue weighted by Gasteiger charge is 2.13. The summed E-state index contributed by atoms with van der Waals surface area (Å²) in [6, 6.07) is 8.74. The molecule has 1 N–H and O–H groups in total. The Morgan fingerprint density at radius 1 is 1.28 bits per heavy atom. The van der Waals surface area contributed by atoms with Crippen molar-refractivity contribution in [2.75, 3.05) is 25.3 Å². The van der Waals surface area contributed by atoms with E-state index in [1.54, 1.807) is 0 Å². The minimum absolute atomic E-state index is 0.276. The topological polar surface area (TPSA) is 30.5 Å². The van der Waals surface area contributed by atoms with E-state index in [9.17, 15) is 0 Å². The second-order valence-electron chi connectivity index (χ2n) is 4.78. The van der Waals surface area contributed by atoms with E-state index in [0.29, 0.717) is 6.79 Å². The minimum Gasteiger partial charge on any atom is -0.382 e. The van der Waals surface area contributed by atoms with Gasteiger partial charge in [0.25, 0.3) is 0 Å². The largest absolute Gasteiger partial charge is 0.382 e. The van der Waals surface area contributed by atoms with E-state index < -0.39 is 0 Å². The summed E-state index contributed by atoms with van der Waals surface area (Å²) in [5.41, 5.74) is 2.59. The molecule has 0 aromatic heterocycles. The zero-order valence-corrected chi connectivity index (χ0v) is 11.2. The molecule has 1 heterocycles. The Labute approximate surface area is 109 Å². The Morgan fingerprint density at radius 2 is 2.11 bits per heavy atom. The van der Waals surface area contributed by atoms with E-state index in [2.05, 4.69) is 36.5 Å². The second kappa shape index (κ2) is 7.39. The summed E-state index contributed by atoms with van der Waals surface area (Å²) in [5, 5.41) is 3.42. The van der Waals surface area contributed by atoms with Gasteiger partial charge in [-0.25, -0.2) is 0 Å². The maximum atomic E-state index is 5.49. The van der Waals surface area contributed by atoms with Crippen LogP contribution in [0.1, 0.15) is 31.7 Å². The fraction of sp³-hybridized carbons (Fsp3) is 0.600. The standard InChI is InChI=1S/C15H23NO2/c1-2-3-4-13-5-7-14(8-6-13)16-11-15-9-10-17-12-18-15/h5-8,15-16H,2-4,9-12H2,1H3. The van der Waals surface area contributed by atoms with E-state index >= 15 is 0 Å². The van der Waals surface area contributed by atoms with Crippen molar-refractivity contribution in [3.8, 4) is 0 Å². The van der Waals surface area contributed by atoms with Crippen LogP contribution in [0, 0.1) is 0 Å². The normalized spacial score (nSPS) is 19.7. The van der Waals surface area contributed by atoms with Crippen LogP contribution in [-0.4, -0.2) is 26.0 Å². The zero-order valence-electron chi connectivity index (χ0n) is 11.2. The predicted molar refractivity (Wildman–Crippen MR) is 73.9 cm³/mol. The molecule has 1 fully saturated rings. The molecule has 1 saturated heterocycles. The van der Waals surface area contributed by atoms with Crippen LogP contribution in [0.5, 0.6) is 0 Å².